The van der Waals surface area contributed by atoms with Gasteiger partial charge in [0.25, 0.3) is 0 Å². The van der Waals surface area contributed by atoms with Crippen LogP contribution in [0.25, 0.3) is 0 Å². The van der Waals surface area contributed by atoms with Crippen LogP contribution in [0.5, 0.6) is 5.75 Å². The molecule has 2 fully saturated rings. The molecule has 2 aliphatic rings. The minimum atomic E-state index is -0.582. The molecule has 1 saturated heterocycles. The number of halogens is 1. The number of nitrogens with one attached hydrogen (secondary N) is 1. The highest BCUT2D eigenvalue weighted by atomic mass is 19.1. The van der Waals surface area contributed by atoms with Crippen molar-refractivity contribution in [3.05, 3.63) is 65.5 Å². The summed E-state index contributed by atoms with van der Waals surface area (Å²) in [6, 6.07) is 15.5. The summed E-state index contributed by atoms with van der Waals surface area (Å²) in [7, 11) is 1.67. The first-order chi connectivity index (χ1) is 13.1. The SMILES string of the molecule is COc1ccc([C@H]2[C@@H]3CCCC[C@@]3(O)CC[NH+]2Cc2ccccc2F)cc1. The van der Waals surface area contributed by atoms with E-state index in [2.05, 4.69) is 12.1 Å². The number of rotatable bonds is 4. The highest BCUT2D eigenvalue weighted by Gasteiger charge is 2.51. The van der Waals surface area contributed by atoms with Crippen molar-refractivity contribution in [1.82, 2.24) is 0 Å². The molecule has 0 amide bonds. The number of hydrogen-bond acceptors (Lipinski definition) is 2. The smallest absolute Gasteiger partial charge is 0.132 e. The third-order valence-corrected chi connectivity index (χ3v) is 6.64. The summed E-state index contributed by atoms with van der Waals surface area (Å²) in [6.45, 7) is 1.51. The van der Waals surface area contributed by atoms with Crippen LogP contribution in [0, 0.1) is 11.7 Å². The Morgan fingerprint density at radius 2 is 1.89 bits per heavy atom. The van der Waals surface area contributed by atoms with Crippen molar-refractivity contribution in [3.63, 3.8) is 0 Å². The molecule has 0 aromatic heterocycles. The largest absolute Gasteiger partial charge is 0.497 e. The lowest BCUT2D eigenvalue weighted by atomic mass is 9.66. The molecule has 0 spiro atoms. The van der Waals surface area contributed by atoms with Gasteiger partial charge in [0.05, 0.1) is 19.3 Å². The topological polar surface area (TPSA) is 33.9 Å². The number of aliphatic hydroxyl groups is 1. The third-order valence-electron chi connectivity index (χ3n) is 6.64. The van der Waals surface area contributed by atoms with E-state index < -0.39 is 5.60 Å². The normalized spacial score (nSPS) is 30.6. The molecule has 1 heterocycles. The lowest BCUT2D eigenvalue weighted by molar-refractivity contribution is -0.958. The van der Waals surface area contributed by atoms with E-state index in [4.69, 9.17) is 4.74 Å². The Kier molecular flexibility index (Phi) is 5.20. The third kappa shape index (κ3) is 3.61. The molecule has 1 aliphatic carbocycles. The van der Waals surface area contributed by atoms with Gasteiger partial charge in [-0.1, -0.05) is 31.0 Å². The molecule has 0 bridgehead atoms. The molecule has 1 aliphatic heterocycles. The van der Waals surface area contributed by atoms with Gasteiger partial charge in [0.15, 0.2) is 0 Å². The first kappa shape index (κ1) is 18.5. The van der Waals surface area contributed by atoms with E-state index in [1.165, 1.54) is 16.5 Å². The zero-order chi connectivity index (χ0) is 18.9. The summed E-state index contributed by atoms with van der Waals surface area (Å²) in [5, 5.41) is 11.3. The van der Waals surface area contributed by atoms with Gasteiger partial charge in [0, 0.05) is 23.5 Å². The molecule has 2 aromatic carbocycles. The van der Waals surface area contributed by atoms with Crippen LogP contribution in [0.2, 0.25) is 0 Å². The monoisotopic (exact) mass is 370 g/mol. The number of likely N-dealkylation sites (tertiary alicyclic amines) is 1. The molecule has 4 rings (SSSR count). The van der Waals surface area contributed by atoms with Crippen molar-refractivity contribution in [2.75, 3.05) is 13.7 Å². The summed E-state index contributed by atoms with van der Waals surface area (Å²) >= 11 is 0. The Balaban J connectivity index is 1.69. The van der Waals surface area contributed by atoms with E-state index in [1.807, 2.05) is 24.3 Å². The van der Waals surface area contributed by atoms with Gasteiger partial charge in [-0.3, -0.25) is 0 Å². The van der Waals surface area contributed by atoms with Gasteiger partial charge in [-0.05, 0) is 43.2 Å². The summed E-state index contributed by atoms with van der Waals surface area (Å²) in [4.78, 5) is 1.35. The maximum absolute atomic E-state index is 14.3. The maximum Gasteiger partial charge on any atom is 0.132 e. The van der Waals surface area contributed by atoms with Crippen LogP contribution in [-0.4, -0.2) is 24.4 Å². The summed E-state index contributed by atoms with van der Waals surface area (Å²) in [5.74, 6) is 0.919. The van der Waals surface area contributed by atoms with Gasteiger partial charge in [-0.25, -0.2) is 4.39 Å². The van der Waals surface area contributed by atoms with Crippen molar-refractivity contribution in [2.45, 2.75) is 50.3 Å². The van der Waals surface area contributed by atoms with Crippen molar-refractivity contribution < 1.29 is 19.1 Å². The van der Waals surface area contributed by atoms with Crippen molar-refractivity contribution in [1.29, 1.82) is 0 Å². The molecule has 144 valence electrons. The Morgan fingerprint density at radius 1 is 1.11 bits per heavy atom. The van der Waals surface area contributed by atoms with Gasteiger partial charge in [-0.15, -0.1) is 0 Å². The second kappa shape index (κ2) is 7.61. The van der Waals surface area contributed by atoms with E-state index in [-0.39, 0.29) is 17.8 Å². The minimum absolute atomic E-state index is 0.136. The van der Waals surface area contributed by atoms with Crippen LogP contribution in [0.1, 0.15) is 49.3 Å². The van der Waals surface area contributed by atoms with E-state index >= 15 is 0 Å². The molecule has 1 saturated carbocycles. The van der Waals surface area contributed by atoms with E-state index in [9.17, 15) is 9.50 Å². The Hall–Kier alpha value is -1.91. The van der Waals surface area contributed by atoms with Crippen LogP contribution in [-0.2, 0) is 6.54 Å². The second-order valence-corrected chi connectivity index (χ2v) is 8.13. The molecule has 1 unspecified atom stereocenters. The molecule has 2 N–H and O–H groups in total. The van der Waals surface area contributed by atoms with Crippen LogP contribution in [0.3, 0.4) is 0 Å². The Morgan fingerprint density at radius 3 is 2.63 bits per heavy atom. The van der Waals surface area contributed by atoms with Gasteiger partial charge in [-0.2, -0.15) is 0 Å². The number of fused-ring (bicyclic) bond motifs is 1. The highest BCUT2D eigenvalue weighted by Crippen LogP contribution is 2.44. The average Bonchev–Trinajstić information content (AvgIpc) is 2.70. The van der Waals surface area contributed by atoms with Crippen molar-refractivity contribution in [2.24, 2.45) is 5.92 Å². The molecular formula is C23H29FNO2+. The summed E-state index contributed by atoms with van der Waals surface area (Å²) in [6.07, 6.45) is 4.98. The number of benzene rings is 2. The minimum Gasteiger partial charge on any atom is -0.497 e. The van der Waals surface area contributed by atoms with Crippen LogP contribution < -0.4 is 9.64 Å². The zero-order valence-corrected chi connectivity index (χ0v) is 16.0. The van der Waals surface area contributed by atoms with E-state index in [1.54, 1.807) is 13.2 Å². The first-order valence-electron chi connectivity index (χ1n) is 10.0. The standard InChI is InChI=1S/C23H28FNO2/c1-27-19-11-9-17(10-12-19)22-20-7-4-5-13-23(20,26)14-15-25(22)16-18-6-2-3-8-21(18)24/h2-3,6,8-12,20,22,26H,4-5,7,13-16H2,1H3/p+1/t20-,22-,23+/m0/s1. The van der Waals surface area contributed by atoms with Gasteiger partial charge in [0.1, 0.15) is 24.2 Å². The van der Waals surface area contributed by atoms with Gasteiger partial charge >= 0.3 is 0 Å². The first-order valence-corrected chi connectivity index (χ1v) is 10.0. The second-order valence-electron chi connectivity index (χ2n) is 8.13. The fourth-order valence-corrected chi connectivity index (χ4v) is 5.22. The number of hydrogen-bond donors (Lipinski definition) is 2. The lowest BCUT2D eigenvalue weighted by Gasteiger charge is -2.50. The predicted octanol–water partition coefficient (Wildman–Crippen LogP) is 3.29. The molecule has 3 nitrogen and oxygen atoms in total. The molecule has 0 radical (unpaired) electrons. The number of methoxy groups -OCH3 is 1. The van der Waals surface area contributed by atoms with E-state index in [0.29, 0.717) is 6.54 Å². The number of ether oxygens (including phenoxy) is 1. The quantitative estimate of drug-likeness (QED) is 0.866. The maximum atomic E-state index is 14.3. The van der Waals surface area contributed by atoms with Gasteiger partial charge < -0.3 is 14.7 Å². The van der Waals surface area contributed by atoms with Crippen molar-refractivity contribution >= 4 is 0 Å². The number of piperidine rings is 1. The van der Waals surface area contributed by atoms with Crippen molar-refractivity contribution in [3.8, 4) is 5.75 Å². The molecular weight excluding hydrogens is 341 g/mol. The molecule has 27 heavy (non-hydrogen) atoms. The van der Waals surface area contributed by atoms with Crippen LogP contribution in [0.15, 0.2) is 48.5 Å². The fourth-order valence-electron chi connectivity index (χ4n) is 5.22. The lowest BCUT2D eigenvalue weighted by Crippen LogP contribution is -3.13. The number of quaternary nitrogens is 1. The summed E-state index contributed by atoms with van der Waals surface area (Å²) in [5.41, 5.74) is 1.39. The molecule has 4 heteroatoms. The summed E-state index contributed by atoms with van der Waals surface area (Å²) < 4.78 is 19.6. The average molecular weight is 370 g/mol. The highest BCUT2D eigenvalue weighted by molar-refractivity contribution is 5.29. The Labute approximate surface area is 160 Å². The van der Waals surface area contributed by atoms with Crippen LogP contribution >= 0.6 is 0 Å². The van der Waals surface area contributed by atoms with Crippen LogP contribution in [0.4, 0.5) is 4.39 Å². The van der Waals surface area contributed by atoms with E-state index in [0.717, 1.165) is 50.0 Å². The fraction of sp³-hybridized carbons (Fsp3) is 0.478. The zero-order valence-electron chi connectivity index (χ0n) is 16.0. The predicted molar refractivity (Wildman–Crippen MR) is 103 cm³/mol. The van der Waals surface area contributed by atoms with Gasteiger partial charge in [0.2, 0.25) is 0 Å². The molecule has 4 atom stereocenters. The molecule has 2 aromatic rings. The Bertz CT molecular complexity index is 778.